The van der Waals surface area contributed by atoms with Crippen molar-refractivity contribution in [3.05, 3.63) is 65.0 Å². The van der Waals surface area contributed by atoms with Crippen molar-refractivity contribution in [1.82, 2.24) is 0 Å². The van der Waals surface area contributed by atoms with Gasteiger partial charge in [-0.2, -0.15) is 0 Å². The van der Waals surface area contributed by atoms with Crippen LogP contribution in [0.4, 0.5) is 10.1 Å². The minimum absolute atomic E-state index is 0.0855. The highest BCUT2D eigenvalue weighted by Crippen LogP contribution is 2.43. The molecule has 4 nitrogen and oxygen atoms in total. The van der Waals surface area contributed by atoms with Gasteiger partial charge in [-0.3, -0.25) is 9.59 Å². The third-order valence-electron chi connectivity index (χ3n) is 3.92. The van der Waals surface area contributed by atoms with Crippen LogP contribution in [-0.2, 0) is 11.2 Å². The van der Waals surface area contributed by atoms with Crippen molar-refractivity contribution in [2.24, 2.45) is 0 Å². The van der Waals surface area contributed by atoms with Gasteiger partial charge in [-0.15, -0.1) is 23.5 Å². The summed E-state index contributed by atoms with van der Waals surface area (Å²) < 4.78 is 14.3. The fourth-order valence-corrected chi connectivity index (χ4v) is 5.50. The Hall–Kier alpha value is -1.99. The lowest BCUT2D eigenvalue weighted by atomic mass is 10.1. The van der Waals surface area contributed by atoms with Crippen LogP contribution < -0.4 is 5.32 Å². The number of amides is 1. The Balaban J connectivity index is 1.66. The Bertz CT molecular complexity index is 805. The van der Waals surface area contributed by atoms with Gasteiger partial charge in [-0.25, -0.2) is 4.39 Å². The number of thioether (sulfide) groups is 2. The van der Waals surface area contributed by atoms with Crippen LogP contribution >= 0.6 is 23.5 Å². The standard InChI is InChI=1S/C19H18FNO3S2/c20-16-11-15(7-6-14(16)10-17(22)23)21-18(24)12-2-4-13(5-3-12)19-25-8-1-9-26-19/h2-7,11,19H,1,8-10H2,(H,21,24)(H,22,23). The maximum absolute atomic E-state index is 13.9. The van der Waals surface area contributed by atoms with Gasteiger partial charge in [-0.1, -0.05) is 18.2 Å². The minimum atomic E-state index is -1.10. The number of benzene rings is 2. The molecule has 0 aromatic heterocycles. The minimum Gasteiger partial charge on any atom is -0.481 e. The van der Waals surface area contributed by atoms with E-state index in [1.807, 2.05) is 35.7 Å². The molecule has 0 unspecified atom stereocenters. The van der Waals surface area contributed by atoms with E-state index in [2.05, 4.69) is 5.32 Å². The third kappa shape index (κ3) is 4.80. The summed E-state index contributed by atoms with van der Waals surface area (Å²) in [5, 5.41) is 11.4. The van der Waals surface area contributed by atoms with Crippen molar-refractivity contribution < 1.29 is 19.1 Å². The summed E-state index contributed by atoms with van der Waals surface area (Å²) in [6.45, 7) is 0. The Morgan fingerprint density at radius 1 is 1.12 bits per heavy atom. The summed E-state index contributed by atoms with van der Waals surface area (Å²) in [5.74, 6) is 0.236. The molecule has 2 aromatic rings. The molecule has 0 atom stereocenters. The zero-order valence-electron chi connectivity index (χ0n) is 13.9. The second kappa shape index (κ2) is 8.60. The highest BCUT2D eigenvalue weighted by molar-refractivity contribution is 8.16. The van der Waals surface area contributed by atoms with Crippen molar-refractivity contribution in [2.75, 3.05) is 16.8 Å². The number of aliphatic carboxylic acids is 1. The average molecular weight is 391 g/mol. The number of carbonyl (C=O) groups excluding carboxylic acids is 1. The number of hydrogen-bond acceptors (Lipinski definition) is 4. The Labute approximate surface area is 159 Å². The van der Waals surface area contributed by atoms with Gasteiger partial charge < -0.3 is 10.4 Å². The zero-order valence-corrected chi connectivity index (χ0v) is 15.5. The number of carboxylic acid groups (broad SMARTS) is 1. The molecule has 2 N–H and O–H groups in total. The number of halogens is 1. The monoisotopic (exact) mass is 391 g/mol. The van der Waals surface area contributed by atoms with Gasteiger partial charge in [0.25, 0.3) is 5.91 Å². The second-order valence-electron chi connectivity index (χ2n) is 5.88. The van der Waals surface area contributed by atoms with E-state index in [1.165, 1.54) is 24.1 Å². The van der Waals surface area contributed by atoms with E-state index < -0.39 is 18.2 Å². The molecule has 0 bridgehead atoms. The van der Waals surface area contributed by atoms with Crippen LogP contribution in [0.2, 0.25) is 0 Å². The van der Waals surface area contributed by atoms with E-state index in [4.69, 9.17) is 5.11 Å². The Morgan fingerprint density at radius 3 is 2.42 bits per heavy atom. The molecule has 0 radical (unpaired) electrons. The van der Waals surface area contributed by atoms with Crippen LogP contribution in [0.5, 0.6) is 0 Å². The van der Waals surface area contributed by atoms with Crippen molar-refractivity contribution >= 4 is 41.1 Å². The SMILES string of the molecule is O=C(O)Cc1ccc(NC(=O)c2ccc(C3SCCCS3)cc2)cc1F. The first-order valence-corrected chi connectivity index (χ1v) is 10.3. The Kier molecular flexibility index (Phi) is 6.21. The summed E-state index contributed by atoms with van der Waals surface area (Å²) in [7, 11) is 0. The summed E-state index contributed by atoms with van der Waals surface area (Å²) >= 11 is 3.84. The van der Waals surface area contributed by atoms with Crippen LogP contribution in [0, 0.1) is 5.82 Å². The first-order valence-electron chi connectivity index (χ1n) is 8.17. The normalized spacial score (nSPS) is 14.8. The molecule has 0 saturated carbocycles. The van der Waals surface area contributed by atoms with Crippen molar-refractivity contribution in [1.29, 1.82) is 0 Å². The number of rotatable bonds is 5. The molecule has 7 heteroatoms. The molecule has 26 heavy (non-hydrogen) atoms. The molecular weight excluding hydrogens is 373 g/mol. The molecule has 3 rings (SSSR count). The molecule has 136 valence electrons. The fraction of sp³-hybridized carbons (Fsp3) is 0.263. The molecule has 1 amide bonds. The fourth-order valence-electron chi connectivity index (χ4n) is 2.61. The lowest BCUT2D eigenvalue weighted by Crippen LogP contribution is -2.12. The van der Waals surface area contributed by atoms with Gasteiger partial charge >= 0.3 is 5.97 Å². The maximum Gasteiger partial charge on any atom is 0.307 e. The number of anilines is 1. The van der Waals surface area contributed by atoms with Gasteiger partial charge in [0.05, 0.1) is 11.0 Å². The van der Waals surface area contributed by atoms with E-state index in [0.717, 1.165) is 17.6 Å². The summed E-state index contributed by atoms with van der Waals surface area (Å²) in [4.78, 5) is 23.0. The van der Waals surface area contributed by atoms with Gasteiger partial charge in [0, 0.05) is 11.3 Å². The number of hydrogen-bond donors (Lipinski definition) is 2. The maximum atomic E-state index is 13.9. The smallest absolute Gasteiger partial charge is 0.307 e. The molecule has 0 aliphatic carbocycles. The third-order valence-corrected chi connectivity index (χ3v) is 6.94. The predicted molar refractivity (Wildman–Crippen MR) is 104 cm³/mol. The molecule has 0 spiro atoms. The Morgan fingerprint density at radius 2 is 1.81 bits per heavy atom. The van der Waals surface area contributed by atoms with Gasteiger partial charge in [0.2, 0.25) is 0 Å². The topological polar surface area (TPSA) is 66.4 Å². The van der Waals surface area contributed by atoms with E-state index in [9.17, 15) is 14.0 Å². The molecule has 1 saturated heterocycles. The van der Waals surface area contributed by atoms with E-state index >= 15 is 0 Å². The molecule has 1 aliphatic rings. The van der Waals surface area contributed by atoms with Crippen molar-refractivity contribution in [2.45, 2.75) is 17.4 Å². The van der Waals surface area contributed by atoms with Crippen LogP contribution in [0.3, 0.4) is 0 Å². The van der Waals surface area contributed by atoms with Crippen LogP contribution in [0.15, 0.2) is 42.5 Å². The van der Waals surface area contributed by atoms with Crippen LogP contribution in [0.25, 0.3) is 0 Å². The predicted octanol–water partition coefficient (Wildman–Crippen LogP) is 4.57. The first-order chi connectivity index (χ1) is 12.5. The van der Waals surface area contributed by atoms with E-state index in [0.29, 0.717) is 15.8 Å². The van der Waals surface area contributed by atoms with Crippen molar-refractivity contribution in [3.8, 4) is 0 Å². The number of nitrogens with one attached hydrogen (secondary N) is 1. The molecule has 1 heterocycles. The highest BCUT2D eigenvalue weighted by atomic mass is 32.2. The molecule has 1 fully saturated rings. The second-order valence-corrected chi connectivity index (χ2v) is 8.60. The van der Waals surface area contributed by atoms with Gasteiger partial charge in [-0.05, 0) is 53.3 Å². The molecule has 2 aromatic carbocycles. The van der Waals surface area contributed by atoms with Gasteiger partial charge in [0.15, 0.2) is 0 Å². The lowest BCUT2D eigenvalue weighted by molar-refractivity contribution is -0.136. The molecule has 1 aliphatic heterocycles. The molecular formula is C19H18FNO3S2. The van der Waals surface area contributed by atoms with Crippen LogP contribution in [0.1, 0.15) is 32.5 Å². The first kappa shape index (κ1) is 18.8. The zero-order chi connectivity index (χ0) is 18.5. The average Bonchev–Trinajstić information content (AvgIpc) is 2.64. The van der Waals surface area contributed by atoms with Crippen LogP contribution in [-0.4, -0.2) is 28.5 Å². The van der Waals surface area contributed by atoms with E-state index in [1.54, 1.807) is 12.1 Å². The largest absolute Gasteiger partial charge is 0.481 e. The van der Waals surface area contributed by atoms with E-state index in [-0.39, 0.29) is 11.5 Å². The number of carbonyl (C=O) groups is 2. The quantitative estimate of drug-likeness (QED) is 0.781. The summed E-state index contributed by atoms with van der Waals surface area (Å²) in [6, 6.07) is 11.5. The lowest BCUT2D eigenvalue weighted by Gasteiger charge is -2.21. The highest BCUT2D eigenvalue weighted by Gasteiger charge is 2.17. The number of carboxylic acids is 1. The summed E-state index contributed by atoms with van der Waals surface area (Å²) in [5.41, 5.74) is 2.07. The van der Waals surface area contributed by atoms with Gasteiger partial charge in [0.1, 0.15) is 5.82 Å². The summed E-state index contributed by atoms with van der Waals surface area (Å²) in [6.07, 6.45) is 0.840. The van der Waals surface area contributed by atoms with Crippen molar-refractivity contribution in [3.63, 3.8) is 0 Å².